The number of rotatable bonds is 3. The monoisotopic (exact) mass is 300 g/mol. The molecule has 0 amide bonds. The molecule has 0 bridgehead atoms. The highest BCUT2D eigenvalue weighted by Gasteiger charge is 2.44. The summed E-state index contributed by atoms with van der Waals surface area (Å²) in [6.07, 6.45) is 2.71. The molecule has 21 heavy (non-hydrogen) atoms. The van der Waals surface area contributed by atoms with Crippen LogP contribution in [0, 0.1) is 6.92 Å². The summed E-state index contributed by atoms with van der Waals surface area (Å²) in [6, 6.07) is 9.18. The maximum Gasteiger partial charge on any atom is 0.299 e. The Morgan fingerprint density at radius 1 is 1.10 bits per heavy atom. The first-order valence-electron chi connectivity index (χ1n) is 6.58. The van der Waals surface area contributed by atoms with Gasteiger partial charge in [0.2, 0.25) is 0 Å². The summed E-state index contributed by atoms with van der Waals surface area (Å²) >= 11 is 1.60. The van der Waals surface area contributed by atoms with Gasteiger partial charge >= 0.3 is 0 Å². The van der Waals surface area contributed by atoms with Crippen LogP contribution in [-0.4, -0.2) is 0 Å². The second-order valence-corrected chi connectivity index (χ2v) is 6.27. The third-order valence-electron chi connectivity index (χ3n) is 3.71. The zero-order valence-corrected chi connectivity index (χ0v) is 12.4. The molecule has 1 aliphatic carbocycles. The van der Waals surface area contributed by atoms with Crippen LogP contribution in [0.15, 0.2) is 61.2 Å². The van der Waals surface area contributed by atoms with E-state index in [1.165, 1.54) is 12.2 Å². The zero-order chi connectivity index (χ0) is 15.2. The van der Waals surface area contributed by atoms with Crippen LogP contribution in [0.1, 0.15) is 16.0 Å². The summed E-state index contributed by atoms with van der Waals surface area (Å²) in [5.74, 6) is -3.01. The van der Waals surface area contributed by atoms with Gasteiger partial charge in [-0.3, -0.25) is 0 Å². The van der Waals surface area contributed by atoms with Crippen LogP contribution in [0.25, 0.3) is 16.0 Å². The third-order valence-corrected chi connectivity index (χ3v) is 4.76. The molecule has 3 heteroatoms. The van der Waals surface area contributed by atoms with Crippen molar-refractivity contribution in [2.24, 2.45) is 0 Å². The zero-order valence-electron chi connectivity index (χ0n) is 11.6. The Balaban J connectivity index is 2.20. The van der Waals surface area contributed by atoms with E-state index < -0.39 is 5.92 Å². The van der Waals surface area contributed by atoms with Crippen LogP contribution < -0.4 is 0 Å². The Kier molecular flexibility index (Phi) is 3.18. The van der Waals surface area contributed by atoms with Crippen LogP contribution in [0.2, 0.25) is 0 Å². The lowest BCUT2D eigenvalue weighted by atomic mass is 10.0. The Labute approximate surface area is 126 Å². The molecule has 1 aromatic carbocycles. The van der Waals surface area contributed by atoms with Gasteiger partial charge in [0.25, 0.3) is 5.92 Å². The molecular weight excluding hydrogens is 286 g/mol. The summed E-state index contributed by atoms with van der Waals surface area (Å²) in [7, 11) is 0. The molecule has 0 N–H and O–H groups in total. The van der Waals surface area contributed by atoms with Gasteiger partial charge in [0.1, 0.15) is 0 Å². The number of aryl methyl sites for hydroxylation is 1. The van der Waals surface area contributed by atoms with Crippen molar-refractivity contribution in [3.05, 3.63) is 77.2 Å². The molecule has 0 radical (unpaired) electrons. The molecule has 3 rings (SSSR count). The Hall–Kier alpha value is -2.00. The minimum Gasteiger partial charge on any atom is -0.196 e. The quantitative estimate of drug-likeness (QED) is 0.656. The molecule has 0 fully saturated rings. The summed E-state index contributed by atoms with van der Waals surface area (Å²) in [6.45, 7) is 9.18. The van der Waals surface area contributed by atoms with Crippen molar-refractivity contribution in [1.82, 2.24) is 0 Å². The van der Waals surface area contributed by atoms with Crippen molar-refractivity contribution in [3.8, 4) is 10.4 Å². The predicted octanol–water partition coefficient (Wildman–Crippen LogP) is 5.95. The average molecular weight is 300 g/mol. The molecule has 0 saturated carbocycles. The van der Waals surface area contributed by atoms with Gasteiger partial charge in [-0.2, -0.15) is 8.78 Å². The number of benzene rings is 1. The van der Waals surface area contributed by atoms with Crippen LogP contribution in [0.5, 0.6) is 0 Å². The van der Waals surface area contributed by atoms with Crippen molar-refractivity contribution in [3.63, 3.8) is 0 Å². The Morgan fingerprint density at radius 3 is 2.43 bits per heavy atom. The maximum atomic E-state index is 14.6. The van der Waals surface area contributed by atoms with Crippen LogP contribution in [-0.2, 0) is 5.92 Å². The number of thiophene rings is 1. The summed E-state index contributed by atoms with van der Waals surface area (Å²) in [5.41, 5.74) is 1.81. The van der Waals surface area contributed by atoms with Gasteiger partial charge < -0.3 is 0 Å². The minimum absolute atomic E-state index is 0.0378. The third kappa shape index (κ3) is 2.00. The second kappa shape index (κ2) is 4.78. The molecule has 1 heterocycles. The van der Waals surface area contributed by atoms with Gasteiger partial charge in [-0.05, 0) is 41.8 Å². The molecule has 0 nitrogen and oxygen atoms in total. The van der Waals surface area contributed by atoms with Crippen molar-refractivity contribution in [1.29, 1.82) is 0 Å². The van der Waals surface area contributed by atoms with E-state index in [1.54, 1.807) is 23.5 Å². The van der Waals surface area contributed by atoms with Crippen molar-refractivity contribution in [2.75, 3.05) is 0 Å². The molecule has 0 aliphatic heterocycles. The van der Waals surface area contributed by atoms with Gasteiger partial charge in [0.15, 0.2) is 0 Å². The summed E-state index contributed by atoms with van der Waals surface area (Å²) in [4.78, 5) is 2.16. The topological polar surface area (TPSA) is 0 Å². The second-order valence-electron chi connectivity index (χ2n) is 4.98. The standard InChI is InChI=1S/C18H14F2S/c1-4-13-14-8-7-12(17-9-6-11(3)21-17)10-16(14)18(19,20)15(13)5-2/h4-10H,1-2H2,3H3. The maximum absolute atomic E-state index is 14.6. The van der Waals surface area contributed by atoms with E-state index in [1.807, 2.05) is 25.1 Å². The summed E-state index contributed by atoms with van der Waals surface area (Å²) in [5, 5.41) is 0. The molecule has 0 atom stereocenters. The van der Waals surface area contributed by atoms with Gasteiger partial charge in [-0.15, -0.1) is 11.3 Å². The van der Waals surface area contributed by atoms with Crippen LogP contribution in [0.3, 0.4) is 0 Å². The molecule has 1 aliphatic rings. The number of hydrogen-bond donors (Lipinski definition) is 0. The lowest BCUT2D eigenvalue weighted by Gasteiger charge is -2.14. The van der Waals surface area contributed by atoms with Crippen molar-refractivity contribution < 1.29 is 8.78 Å². The van der Waals surface area contributed by atoms with E-state index in [0.29, 0.717) is 11.1 Å². The smallest absolute Gasteiger partial charge is 0.196 e. The van der Waals surface area contributed by atoms with Gasteiger partial charge in [0.05, 0.1) is 0 Å². The highest BCUT2D eigenvalue weighted by atomic mass is 32.1. The molecule has 0 spiro atoms. The van der Waals surface area contributed by atoms with E-state index in [9.17, 15) is 8.78 Å². The number of hydrogen-bond acceptors (Lipinski definition) is 1. The SMILES string of the molecule is C=CC1=C(C=C)C(F)(F)c2cc(-c3ccc(C)s3)ccc21. The fourth-order valence-corrected chi connectivity index (χ4v) is 3.56. The lowest BCUT2D eigenvalue weighted by molar-refractivity contribution is 0.0461. The predicted molar refractivity (Wildman–Crippen MR) is 85.7 cm³/mol. The van der Waals surface area contributed by atoms with E-state index >= 15 is 0 Å². The minimum atomic E-state index is -3.01. The van der Waals surface area contributed by atoms with Gasteiger partial charge in [-0.25, -0.2) is 0 Å². The van der Waals surface area contributed by atoms with Crippen molar-refractivity contribution in [2.45, 2.75) is 12.8 Å². The highest BCUT2D eigenvalue weighted by molar-refractivity contribution is 7.15. The van der Waals surface area contributed by atoms with Gasteiger partial charge in [0, 0.05) is 20.9 Å². The fraction of sp³-hybridized carbons (Fsp3) is 0.111. The van der Waals surface area contributed by atoms with E-state index in [-0.39, 0.29) is 11.1 Å². The van der Waals surface area contributed by atoms with Crippen molar-refractivity contribution >= 4 is 16.9 Å². The molecule has 0 saturated heterocycles. The average Bonchev–Trinajstić information content (AvgIpc) is 2.98. The highest BCUT2D eigenvalue weighted by Crippen LogP contribution is 2.50. The van der Waals surface area contributed by atoms with E-state index in [4.69, 9.17) is 0 Å². The molecular formula is C18H14F2S. The molecule has 1 aromatic heterocycles. The first kappa shape index (κ1) is 14.0. The van der Waals surface area contributed by atoms with E-state index in [0.717, 1.165) is 15.3 Å². The van der Waals surface area contributed by atoms with Crippen LogP contribution in [0.4, 0.5) is 8.78 Å². The fourth-order valence-electron chi connectivity index (χ4n) is 2.70. The lowest BCUT2D eigenvalue weighted by Crippen LogP contribution is -2.12. The summed E-state index contributed by atoms with van der Waals surface area (Å²) < 4.78 is 29.1. The van der Waals surface area contributed by atoms with Gasteiger partial charge in [-0.1, -0.05) is 37.4 Å². The first-order chi connectivity index (χ1) is 9.98. The molecule has 106 valence electrons. The Morgan fingerprint density at radius 2 is 1.86 bits per heavy atom. The van der Waals surface area contributed by atoms with E-state index in [2.05, 4.69) is 13.2 Å². The molecule has 0 unspecified atom stereocenters. The number of halogens is 2. The number of allylic oxidation sites excluding steroid dienone is 4. The Bertz CT molecular complexity index is 778. The molecule has 2 aromatic rings. The van der Waals surface area contributed by atoms with Crippen LogP contribution >= 0.6 is 11.3 Å². The largest absolute Gasteiger partial charge is 0.299 e. The normalized spacial score (nSPS) is 16.0. The first-order valence-corrected chi connectivity index (χ1v) is 7.40. The number of fused-ring (bicyclic) bond motifs is 1. The number of alkyl halides is 2.